The van der Waals surface area contributed by atoms with Crippen LogP contribution in [0.1, 0.15) is 127 Å². The highest BCUT2D eigenvalue weighted by Crippen LogP contribution is 2.20. The van der Waals surface area contributed by atoms with Gasteiger partial charge in [0.15, 0.2) is 0 Å². The fourth-order valence-corrected chi connectivity index (χ4v) is 2.28. The minimum absolute atomic E-state index is 0.397. The van der Waals surface area contributed by atoms with Crippen molar-refractivity contribution in [1.82, 2.24) is 0 Å². The van der Waals surface area contributed by atoms with Crippen LogP contribution in [0.3, 0.4) is 0 Å². The van der Waals surface area contributed by atoms with Crippen LogP contribution >= 0.6 is 0 Å². The topological polar surface area (TPSA) is 9.23 Å². The van der Waals surface area contributed by atoms with Gasteiger partial charge in [-0.05, 0) is 42.2 Å². The van der Waals surface area contributed by atoms with Crippen molar-refractivity contribution < 1.29 is 4.74 Å². The van der Waals surface area contributed by atoms with Crippen molar-refractivity contribution >= 4 is 0 Å². The highest BCUT2D eigenvalue weighted by molar-refractivity contribution is 5.23. The van der Waals surface area contributed by atoms with Crippen molar-refractivity contribution in [3.05, 3.63) is 35.4 Å². The number of rotatable bonds is 7. The van der Waals surface area contributed by atoms with Crippen LogP contribution in [0.4, 0.5) is 0 Å². The summed E-state index contributed by atoms with van der Waals surface area (Å²) in [5.41, 5.74) is 3.27. The molecule has 0 aromatic heterocycles. The third kappa shape index (κ3) is 29.4. The normalized spacial score (nSPS) is 10.8. The van der Waals surface area contributed by atoms with Gasteiger partial charge in [-0.1, -0.05) is 133 Å². The molecule has 0 N–H and O–H groups in total. The fraction of sp³-hybridized carbons (Fsp3) is 0.793. The maximum atomic E-state index is 5.01. The molecule has 0 spiro atoms. The molecule has 1 rings (SSSR count). The van der Waals surface area contributed by atoms with Crippen LogP contribution in [-0.2, 0) is 17.6 Å². The van der Waals surface area contributed by atoms with Gasteiger partial charge in [0.2, 0.25) is 0 Å². The van der Waals surface area contributed by atoms with E-state index < -0.39 is 0 Å². The van der Waals surface area contributed by atoms with Crippen molar-refractivity contribution in [2.45, 2.75) is 135 Å². The van der Waals surface area contributed by atoms with Gasteiger partial charge < -0.3 is 4.74 Å². The van der Waals surface area contributed by atoms with Crippen LogP contribution in [0, 0.1) is 11.3 Å². The molecule has 30 heavy (non-hydrogen) atoms. The van der Waals surface area contributed by atoms with Gasteiger partial charge in [-0.2, -0.15) is 0 Å². The number of hydrogen-bond donors (Lipinski definition) is 0. The zero-order valence-electron chi connectivity index (χ0n) is 23.6. The third-order valence-electron chi connectivity index (χ3n) is 4.43. The van der Waals surface area contributed by atoms with Crippen LogP contribution < -0.4 is 0 Å². The van der Waals surface area contributed by atoms with Crippen LogP contribution in [0.2, 0.25) is 0 Å². The average Bonchev–Trinajstić information content (AvgIpc) is 2.74. The van der Waals surface area contributed by atoms with E-state index in [1.807, 2.05) is 27.7 Å². The molecule has 0 radical (unpaired) electrons. The van der Waals surface area contributed by atoms with Crippen molar-refractivity contribution in [3.63, 3.8) is 0 Å². The highest BCUT2D eigenvalue weighted by Gasteiger charge is 2.10. The number of benzene rings is 1. The van der Waals surface area contributed by atoms with Crippen LogP contribution in [0.15, 0.2) is 24.3 Å². The Morgan fingerprint density at radius 1 is 0.733 bits per heavy atom. The lowest BCUT2D eigenvalue weighted by atomic mass is 9.88. The minimum Gasteiger partial charge on any atom is -0.381 e. The molecule has 0 heterocycles. The molecule has 1 aromatic rings. The van der Waals surface area contributed by atoms with Gasteiger partial charge in [0.1, 0.15) is 0 Å². The smallest absolute Gasteiger partial charge is 0.0566 e. The molecule has 0 aliphatic carbocycles. The van der Waals surface area contributed by atoms with Gasteiger partial charge >= 0.3 is 0 Å². The first kappa shape index (κ1) is 36.5. The van der Waals surface area contributed by atoms with Crippen molar-refractivity contribution in [2.75, 3.05) is 7.11 Å². The molecule has 0 bridgehead atoms. The molecular formula is C29H60O. The first-order valence-electron chi connectivity index (χ1n) is 12.7. The predicted octanol–water partition coefficient (Wildman–Crippen LogP) is 10.2. The number of unbranched alkanes of at least 4 members (excludes halogenated alkanes) is 3. The van der Waals surface area contributed by atoms with E-state index in [0.717, 1.165) is 12.8 Å². The number of methoxy groups -OCH3 is 1. The monoisotopic (exact) mass is 424 g/mol. The Bertz CT molecular complexity index is 393. The standard InChI is InChI=1S/C13H20.C6H14O.C6H14.2C2H6/c1-5-11-6-8-12(9-7-11)10-13(2,3)4;1-5(2)6(3)7-4;1-3-5-6-4-2;2*1-2/h6-9H,5,10H2,1-4H3;5-6H,1-4H3;3-6H2,1-2H3;2*1-2H3. The molecule has 1 atom stereocenters. The molecule has 1 heteroatoms. The van der Waals surface area contributed by atoms with Gasteiger partial charge in [0, 0.05) is 7.11 Å². The molecule has 0 fully saturated rings. The summed E-state index contributed by atoms with van der Waals surface area (Å²) in [7, 11) is 1.74. The Kier molecular flexibility index (Phi) is 31.9. The van der Waals surface area contributed by atoms with Gasteiger partial charge in [0.05, 0.1) is 6.10 Å². The lowest BCUT2D eigenvalue weighted by Crippen LogP contribution is -2.11. The zero-order valence-corrected chi connectivity index (χ0v) is 23.6. The number of aryl methyl sites for hydroxylation is 1. The fourth-order valence-electron chi connectivity index (χ4n) is 2.28. The number of ether oxygens (including phenoxy) is 1. The minimum atomic E-state index is 0.397. The Morgan fingerprint density at radius 2 is 1.10 bits per heavy atom. The summed E-state index contributed by atoms with van der Waals surface area (Å²) in [5, 5.41) is 0. The van der Waals surface area contributed by atoms with Gasteiger partial charge in [0.25, 0.3) is 0 Å². The summed E-state index contributed by atoms with van der Waals surface area (Å²) in [6.45, 7) is 27.9. The third-order valence-corrected chi connectivity index (χ3v) is 4.43. The average molecular weight is 425 g/mol. The molecular weight excluding hydrogens is 364 g/mol. The molecule has 0 saturated heterocycles. The van der Waals surface area contributed by atoms with E-state index in [4.69, 9.17) is 4.74 Å². The van der Waals surface area contributed by atoms with Crippen molar-refractivity contribution in [2.24, 2.45) is 11.3 Å². The second kappa shape index (κ2) is 26.2. The zero-order chi connectivity index (χ0) is 24.6. The summed E-state index contributed by atoms with van der Waals surface area (Å²) in [6, 6.07) is 8.98. The van der Waals surface area contributed by atoms with E-state index in [2.05, 4.69) is 86.6 Å². The van der Waals surface area contributed by atoms with E-state index in [0.29, 0.717) is 17.4 Å². The Balaban J connectivity index is -0.000000170. The highest BCUT2D eigenvalue weighted by atomic mass is 16.5. The summed E-state index contributed by atoms with van der Waals surface area (Å²) in [5.74, 6) is 0.644. The molecule has 1 aromatic carbocycles. The van der Waals surface area contributed by atoms with Gasteiger partial charge in [-0.15, -0.1) is 0 Å². The molecule has 1 nitrogen and oxygen atoms in total. The first-order valence-corrected chi connectivity index (χ1v) is 12.7. The quantitative estimate of drug-likeness (QED) is 0.395. The van der Waals surface area contributed by atoms with Crippen molar-refractivity contribution in [3.8, 4) is 0 Å². The Labute approximate surface area is 193 Å². The Hall–Kier alpha value is -0.820. The van der Waals surface area contributed by atoms with Crippen LogP contribution in [0.5, 0.6) is 0 Å². The molecule has 0 aliphatic rings. The Morgan fingerprint density at radius 3 is 1.30 bits per heavy atom. The SMILES string of the molecule is CC.CC.CCCCCC.CCc1ccc(CC(C)(C)C)cc1.COC(C)C(C)C. The molecule has 0 saturated carbocycles. The van der Waals surface area contributed by atoms with E-state index in [1.54, 1.807) is 7.11 Å². The summed E-state index contributed by atoms with van der Waals surface area (Å²) < 4.78 is 5.01. The van der Waals surface area contributed by atoms with Crippen LogP contribution in [0.25, 0.3) is 0 Å². The maximum Gasteiger partial charge on any atom is 0.0566 e. The summed E-state index contributed by atoms with van der Waals surface area (Å²) in [4.78, 5) is 0. The molecule has 0 aliphatic heterocycles. The second-order valence-electron chi connectivity index (χ2n) is 8.80. The second-order valence-corrected chi connectivity index (χ2v) is 8.80. The van der Waals surface area contributed by atoms with E-state index >= 15 is 0 Å². The van der Waals surface area contributed by atoms with E-state index in [9.17, 15) is 0 Å². The van der Waals surface area contributed by atoms with Crippen molar-refractivity contribution in [1.29, 1.82) is 0 Å². The molecule has 182 valence electrons. The first-order chi connectivity index (χ1) is 14.1. The predicted molar refractivity (Wildman–Crippen MR) is 143 cm³/mol. The molecule has 1 unspecified atom stereocenters. The van der Waals surface area contributed by atoms with E-state index in [-0.39, 0.29) is 0 Å². The maximum absolute atomic E-state index is 5.01. The summed E-state index contributed by atoms with van der Waals surface area (Å²) in [6.07, 6.45) is 8.24. The van der Waals surface area contributed by atoms with Gasteiger partial charge in [-0.25, -0.2) is 0 Å². The lowest BCUT2D eigenvalue weighted by molar-refractivity contribution is 0.0805. The number of hydrogen-bond acceptors (Lipinski definition) is 1. The summed E-state index contributed by atoms with van der Waals surface area (Å²) >= 11 is 0. The van der Waals surface area contributed by atoms with Gasteiger partial charge in [-0.3, -0.25) is 0 Å². The van der Waals surface area contributed by atoms with E-state index in [1.165, 1.54) is 36.8 Å². The molecule has 0 amide bonds. The lowest BCUT2D eigenvalue weighted by Gasteiger charge is -2.18. The van der Waals surface area contributed by atoms with Crippen LogP contribution in [-0.4, -0.2) is 13.2 Å². The largest absolute Gasteiger partial charge is 0.381 e.